The number of amides is 1. The van der Waals surface area contributed by atoms with Crippen molar-refractivity contribution in [2.45, 2.75) is 52.0 Å². The second-order valence-corrected chi connectivity index (χ2v) is 6.43. The Morgan fingerprint density at radius 2 is 2.16 bits per heavy atom. The number of carbonyl (C=O) groups is 1. The van der Waals surface area contributed by atoms with Gasteiger partial charge in [0.2, 0.25) is 5.91 Å². The lowest BCUT2D eigenvalue weighted by Gasteiger charge is -2.37. The minimum absolute atomic E-state index is 0.196. The summed E-state index contributed by atoms with van der Waals surface area (Å²) >= 11 is 0. The molecule has 2 fully saturated rings. The molecule has 0 aromatic carbocycles. The van der Waals surface area contributed by atoms with E-state index in [1.54, 1.807) is 0 Å². The van der Waals surface area contributed by atoms with Gasteiger partial charge in [-0.25, -0.2) is 0 Å². The van der Waals surface area contributed by atoms with Gasteiger partial charge in [-0.15, -0.1) is 0 Å². The Kier molecular flexibility index (Phi) is 5.22. The third kappa shape index (κ3) is 3.93. The van der Waals surface area contributed by atoms with Gasteiger partial charge >= 0.3 is 0 Å². The summed E-state index contributed by atoms with van der Waals surface area (Å²) in [6.07, 6.45) is 5.56. The molecule has 2 aliphatic heterocycles. The first-order valence-corrected chi connectivity index (χ1v) is 7.88. The van der Waals surface area contributed by atoms with Crippen LogP contribution in [0.3, 0.4) is 0 Å². The molecule has 19 heavy (non-hydrogen) atoms. The molecule has 2 rings (SSSR count). The van der Waals surface area contributed by atoms with Gasteiger partial charge in [-0.1, -0.05) is 6.92 Å². The van der Waals surface area contributed by atoms with E-state index in [0.29, 0.717) is 6.04 Å². The smallest absolute Gasteiger partial charge is 0.227 e. The summed E-state index contributed by atoms with van der Waals surface area (Å²) in [4.78, 5) is 14.9. The van der Waals surface area contributed by atoms with Crippen molar-refractivity contribution in [3.63, 3.8) is 0 Å². The molecular weight excluding hydrogens is 238 g/mol. The molecule has 0 bridgehead atoms. The van der Waals surface area contributed by atoms with Crippen molar-refractivity contribution in [2.75, 3.05) is 32.7 Å². The van der Waals surface area contributed by atoms with Crippen LogP contribution < -0.4 is 10.6 Å². The SMILES string of the molecule is CCCN1CCC(NC(=O)C2(C)CCCNC2)CC1. The minimum atomic E-state index is -0.196. The Bertz CT molecular complexity index is 292. The van der Waals surface area contributed by atoms with Gasteiger partial charge in [0.15, 0.2) is 0 Å². The first-order chi connectivity index (χ1) is 9.14. The zero-order valence-corrected chi connectivity index (χ0v) is 12.5. The molecule has 0 radical (unpaired) electrons. The fourth-order valence-corrected chi connectivity index (χ4v) is 3.23. The highest BCUT2D eigenvalue weighted by Gasteiger charge is 2.35. The number of piperidine rings is 2. The van der Waals surface area contributed by atoms with Crippen molar-refractivity contribution >= 4 is 5.91 Å². The summed E-state index contributed by atoms with van der Waals surface area (Å²) in [6.45, 7) is 9.67. The predicted octanol–water partition coefficient (Wildman–Crippen LogP) is 1.37. The number of hydrogen-bond donors (Lipinski definition) is 2. The first kappa shape index (κ1) is 14.8. The molecule has 2 N–H and O–H groups in total. The molecule has 4 heteroatoms. The summed E-state index contributed by atoms with van der Waals surface area (Å²) in [7, 11) is 0. The van der Waals surface area contributed by atoms with Gasteiger partial charge in [0.25, 0.3) is 0 Å². The number of rotatable bonds is 4. The molecule has 2 heterocycles. The Morgan fingerprint density at radius 3 is 2.74 bits per heavy atom. The zero-order valence-electron chi connectivity index (χ0n) is 12.5. The van der Waals surface area contributed by atoms with Crippen molar-refractivity contribution in [2.24, 2.45) is 5.41 Å². The molecule has 0 aromatic heterocycles. The Labute approximate surface area is 117 Å². The van der Waals surface area contributed by atoms with E-state index in [9.17, 15) is 4.79 Å². The topological polar surface area (TPSA) is 44.4 Å². The van der Waals surface area contributed by atoms with Crippen LogP contribution in [0.5, 0.6) is 0 Å². The van der Waals surface area contributed by atoms with E-state index in [2.05, 4.69) is 29.4 Å². The van der Waals surface area contributed by atoms with Gasteiger partial charge in [-0.05, 0) is 52.1 Å². The first-order valence-electron chi connectivity index (χ1n) is 7.88. The summed E-state index contributed by atoms with van der Waals surface area (Å²) < 4.78 is 0. The molecule has 110 valence electrons. The van der Waals surface area contributed by atoms with Crippen molar-refractivity contribution in [1.82, 2.24) is 15.5 Å². The summed E-state index contributed by atoms with van der Waals surface area (Å²) in [5, 5.41) is 6.63. The average molecular weight is 267 g/mol. The van der Waals surface area contributed by atoms with Crippen molar-refractivity contribution < 1.29 is 4.79 Å². The number of nitrogens with one attached hydrogen (secondary N) is 2. The standard InChI is InChI=1S/C15H29N3O/c1-3-9-18-10-5-13(6-11-18)17-14(19)15(2)7-4-8-16-12-15/h13,16H,3-12H2,1-2H3,(H,17,19). The van der Waals surface area contributed by atoms with Crippen LogP contribution in [-0.2, 0) is 4.79 Å². The fourth-order valence-electron chi connectivity index (χ4n) is 3.23. The van der Waals surface area contributed by atoms with Crippen LogP contribution in [0.25, 0.3) is 0 Å². The predicted molar refractivity (Wildman–Crippen MR) is 78.1 cm³/mol. The lowest BCUT2D eigenvalue weighted by molar-refractivity contribution is -0.132. The number of nitrogens with zero attached hydrogens (tertiary/aromatic N) is 1. The maximum Gasteiger partial charge on any atom is 0.227 e. The van der Waals surface area contributed by atoms with Crippen molar-refractivity contribution in [1.29, 1.82) is 0 Å². The van der Waals surface area contributed by atoms with Gasteiger partial charge in [0, 0.05) is 25.7 Å². The van der Waals surface area contributed by atoms with Gasteiger partial charge in [-0.2, -0.15) is 0 Å². The van der Waals surface area contributed by atoms with Crippen LogP contribution in [0, 0.1) is 5.41 Å². The number of likely N-dealkylation sites (tertiary alicyclic amines) is 1. The average Bonchev–Trinajstić information content (AvgIpc) is 2.42. The lowest BCUT2D eigenvalue weighted by atomic mass is 9.81. The molecule has 4 nitrogen and oxygen atoms in total. The van der Waals surface area contributed by atoms with Gasteiger partial charge in [-0.3, -0.25) is 4.79 Å². The zero-order chi connectivity index (χ0) is 13.7. The van der Waals surface area contributed by atoms with E-state index in [4.69, 9.17) is 0 Å². The molecule has 1 unspecified atom stereocenters. The Hall–Kier alpha value is -0.610. The molecular formula is C15H29N3O. The van der Waals surface area contributed by atoms with Crippen LogP contribution in [0.4, 0.5) is 0 Å². The molecule has 0 aliphatic carbocycles. The van der Waals surface area contributed by atoms with Gasteiger partial charge in [0.1, 0.15) is 0 Å². The maximum atomic E-state index is 12.4. The Balaban J connectivity index is 1.77. The summed E-state index contributed by atoms with van der Waals surface area (Å²) in [5.74, 6) is 0.258. The molecule has 0 spiro atoms. The quantitative estimate of drug-likeness (QED) is 0.808. The van der Waals surface area contributed by atoms with E-state index >= 15 is 0 Å². The second kappa shape index (κ2) is 6.71. The van der Waals surface area contributed by atoms with Crippen LogP contribution in [0.2, 0.25) is 0 Å². The van der Waals surface area contributed by atoms with E-state index < -0.39 is 0 Å². The normalized spacial score (nSPS) is 30.2. The third-order valence-electron chi connectivity index (χ3n) is 4.61. The van der Waals surface area contributed by atoms with E-state index in [1.165, 1.54) is 13.0 Å². The van der Waals surface area contributed by atoms with Gasteiger partial charge in [0.05, 0.1) is 5.41 Å². The lowest BCUT2D eigenvalue weighted by Crippen LogP contribution is -2.53. The monoisotopic (exact) mass is 267 g/mol. The summed E-state index contributed by atoms with van der Waals surface area (Å²) in [6, 6.07) is 0.388. The highest BCUT2D eigenvalue weighted by molar-refractivity contribution is 5.82. The highest BCUT2D eigenvalue weighted by atomic mass is 16.2. The van der Waals surface area contributed by atoms with Crippen LogP contribution >= 0.6 is 0 Å². The van der Waals surface area contributed by atoms with Crippen molar-refractivity contribution in [3.05, 3.63) is 0 Å². The molecule has 2 saturated heterocycles. The van der Waals surface area contributed by atoms with Crippen LogP contribution in [0.1, 0.15) is 46.0 Å². The van der Waals surface area contributed by atoms with E-state index in [0.717, 1.165) is 51.9 Å². The van der Waals surface area contributed by atoms with E-state index in [1.807, 2.05) is 0 Å². The van der Waals surface area contributed by atoms with E-state index in [-0.39, 0.29) is 11.3 Å². The highest BCUT2D eigenvalue weighted by Crippen LogP contribution is 2.26. The minimum Gasteiger partial charge on any atom is -0.353 e. The number of hydrogen-bond acceptors (Lipinski definition) is 3. The summed E-state index contributed by atoms with van der Waals surface area (Å²) in [5.41, 5.74) is -0.196. The van der Waals surface area contributed by atoms with Crippen LogP contribution in [-0.4, -0.2) is 49.6 Å². The largest absolute Gasteiger partial charge is 0.353 e. The molecule has 0 saturated carbocycles. The maximum absolute atomic E-state index is 12.4. The molecule has 2 aliphatic rings. The molecule has 1 atom stereocenters. The van der Waals surface area contributed by atoms with Gasteiger partial charge < -0.3 is 15.5 Å². The second-order valence-electron chi connectivity index (χ2n) is 6.43. The third-order valence-corrected chi connectivity index (χ3v) is 4.61. The number of carbonyl (C=O) groups excluding carboxylic acids is 1. The fraction of sp³-hybridized carbons (Fsp3) is 0.933. The Morgan fingerprint density at radius 1 is 1.42 bits per heavy atom. The molecule has 1 amide bonds. The van der Waals surface area contributed by atoms with Crippen molar-refractivity contribution in [3.8, 4) is 0 Å². The molecule has 0 aromatic rings. The van der Waals surface area contributed by atoms with Crippen LogP contribution in [0.15, 0.2) is 0 Å².